The van der Waals surface area contributed by atoms with Crippen LogP contribution < -0.4 is 5.32 Å². The topological polar surface area (TPSA) is 59.8 Å². The first kappa shape index (κ1) is 16.0. The SMILES string of the molecule is O=C(CCc1ccncc1)Nc1ccc(-n2cnc3ccccc32)cc1. The first-order chi connectivity index (χ1) is 12.8. The molecule has 0 spiro atoms. The van der Waals surface area contributed by atoms with Gasteiger partial charge in [0.15, 0.2) is 0 Å². The third-order valence-electron chi connectivity index (χ3n) is 4.27. The molecule has 0 radical (unpaired) electrons. The molecule has 1 N–H and O–H groups in total. The third kappa shape index (κ3) is 3.47. The van der Waals surface area contributed by atoms with Crippen LogP contribution in [0.25, 0.3) is 16.7 Å². The van der Waals surface area contributed by atoms with E-state index >= 15 is 0 Å². The zero-order valence-electron chi connectivity index (χ0n) is 14.2. The van der Waals surface area contributed by atoms with Crippen LogP contribution in [0.2, 0.25) is 0 Å². The first-order valence-corrected chi connectivity index (χ1v) is 8.51. The number of imidazole rings is 1. The average molecular weight is 342 g/mol. The zero-order chi connectivity index (χ0) is 17.8. The molecule has 1 amide bonds. The predicted octanol–water partition coefficient (Wildman–Crippen LogP) is 3.99. The molecular formula is C21H18N4O. The molecule has 0 aliphatic heterocycles. The normalized spacial score (nSPS) is 10.8. The van der Waals surface area contributed by atoms with E-state index in [1.807, 2.05) is 71.6 Å². The minimum atomic E-state index is 0.00245. The summed E-state index contributed by atoms with van der Waals surface area (Å²) in [6, 6.07) is 19.6. The van der Waals surface area contributed by atoms with Gasteiger partial charge in [-0.3, -0.25) is 14.3 Å². The Morgan fingerprint density at radius 1 is 0.962 bits per heavy atom. The fourth-order valence-electron chi connectivity index (χ4n) is 2.90. The predicted molar refractivity (Wildman–Crippen MR) is 102 cm³/mol. The lowest BCUT2D eigenvalue weighted by atomic mass is 10.1. The van der Waals surface area contributed by atoms with E-state index in [9.17, 15) is 4.79 Å². The van der Waals surface area contributed by atoms with Gasteiger partial charge in [-0.2, -0.15) is 0 Å². The largest absolute Gasteiger partial charge is 0.326 e. The molecule has 26 heavy (non-hydrogen) atoms. The van der Waals surface area contributed by atoms with Gasteiger partial charge in [0.2, 0.25) is 5.91 Å². The standard InChI is InChI=1S/C21H18N4O/c26-21(10-5-16-11-13-22-14-12-16)24-17-6-8-18(9-7-17)25-15-23-19-3-1-2-4-20(19)25/h1-4,6-9,11-15H,5,10H2,(H,24,26). The van der Waals surface area contributed by atoms with Gasteiger partial charge in [0.1, 0.15) is 6.33 Å². The highest BCUT2D eigenvalue weighted by atomic mass is 16.1. The van der Waals surface area contributed by atoms with Crippen molar-refractivity contribution < 1.29 is 4.79 Å². The number of hydrogen-bond acceptors (Lipinski definition) is 3. The number of carbonyl (C=O) groups is 1. The van der Waals surface area contributed by atoms with Crippen LogP contribution >= 0.6 is 0 Å². The van der Waals surface area contributed by atoms with Gasteiger partial charge in [0, 0.05) is 30.2 Å². The Labute approximate surface area is 151 Å². The van der Waals surface area contributed by atoms with Crippen LogP contribution in [0.3, 0.4) is 0 Å². The van der Waals surface area contributed by atoms with Crippen molar-refractivity contribution in [2.75, 3.05) is 5.32 Å². The van der Waals surface area contributed by atoms with Gasteiger partial charge >= 0.3 is 0 Å². The van der Waals surface area contributed by atoms with E-state index in [0.717, 1.165) is 28.0 Å². The summed E-state index contributed by atoms with van der Waals surface area (Å²) in [6.07, 6.45) is 6.44. The molecule has 0 saturated carbocycles. The molecule has 128 valence electrons. The molecular weight excluding hydrogens is 324 g/mol. The highest BCUT2D eigenvalue weighted by Gasteiger charge is 2.06. The van der Waals surface area contributed by atoms with Crippen molar-refractivity contribution in [3.63, 3.8) is 0 Å². The molecule has 0 unspecified atom stereocenters. The van der Waals surface area contributed by atoms with E-state index in [1.54, 1.807) is 12.4 Å². The first-order valence-electron chi connectivity index (χ1n) is 8.51. The Hall–Kier alpha value is -3.47. The van der Waals surface area contributed by atoms with Crippen LogP contribution in [0.15, 0.2) is 79.4 Å². The van der Waals surface area contributed by atoms with Crippen molar-refractivity contribution in [1.82, 2.24) is 14.5 Å². The molecule has 2 heterocycles. The highest BCUT2D eigenvalue weighted by Crippen LogP contribution is 2.19. The number of nitrogens with one attached hydrogen (secondary N) is 1. The number of nitrogens with zero attached hydrogens (tertiary/aromatic N) is 3. The number of para-hydroxylation sites is 2. The van der Waals surface area contributed by atoms with E-state index in [0.29, 0.717) is 12.8 Å². The number of pyridine rings is 1. The van der Waals surface area contributed by atoms with E-state index in [4.69, 9.17) is 0 Å². The number of hydrogen-bond donors (Lipinski definition) is 1. The van der Waals surface area contributed by atoms with Crippen molar-refractivity contribution >= 4 is 22.6 Å². The minimum absolute atomic E-state index is 0.00245. The molecule has 4 rings (SSSR count). The monoisotopic (exact) mass is 342 g/mol. The number of carbonyl (C=O) groups excluding carboxylic acids is 1. The average Bonchev–Trinajstić information content (AvgIpc) is 3.12. The van der Waals surface area contributed by atoms with Crippen molar-refractivity contribution in [3.8, 4) is 5.69 Å². The van der Waals surface area contributed by atoms with Crippen molar-refractivity contribution in [2.24, 2.45) is 0 Å². The van der Waals surface area contributed by atoms with E-state index in [-0.39, 0.29) is 5.91 Å². The second-order valence-electron chi connectivity index (χ2n) is 6.05. The van der Waals surface area contributed by atoms with Crippen LogP contribution in [0.4, 0.5) is 5.69 Å². The summed E-state index contributed by atoms with van der Waals surface area (Å²) in [5, 5.41) is 2.94. The molecule has 0 saturated heterocycles. The Kier molecular flexibility index (Phi) is 4.43. The van der Waals surface area contributed by atoms with Gasteiger partial charge in [-0.15, -0.1) is 0 Å². The van der Waals surface area contributed by atoms with Crippen molar-refractivity contribution in [3.05, 3.63) is 84.9 Å². The second kappa shape index (κ2) is 7.19. The summed E-state index contributed by atoms with van der Waals surface area (Å²) in [7, 11) is 0. The lowest BCUT2D eigenvalue weighted by molar-refractivity contribution is -0.116. The van der Waals surface area contributed by atoms with E-state index < -0.39 is 0 Å². The van der Waals surface area contributed by atoms with Gasteiger partial charge in [0.25, 0.3) is 0 Å². The smallest absolute Gasteiger partial charge is 0.224 e. The van der Waals surface area contributed by atoms with E-state index in [2.05, 4.69) is 15.3 Å². The number of rotatable bonds is 5. The second-order valence-corrected chi connectivity index (χ2v) is 6.05. The Morgan fingerprint density at radius 3 is 2.54 bits per heavy atom. The zero-order valence-corrected chi connectivity index (χ0v) is 14.2. The number of fused-ring (bicyclic) bond motifs is 1. The van der Waals surface area contributed by atoms with Gasteiger partial charge in [-0.05, 0) is 60.5 Å². The van der Waals surface area contributed by atoms with Crippen LogP contribution in [-0.2, 0) is 11.2 Å². The third-order valence-corrected chi connectivity index (χ3v) is 4.27. The van der Waals surface area contributed by atoms with Gasteiger partial charge < -0.3 is 5.32 Å². The van der Waals surface area contributed by atoms with Crippen LogP contribution in [0.5, 0.6) is 0 Å². The molecule has 4 aromatic rings. The molecule has 0 bridgehead atoms. The van der Waals surface area contributed by atoms with Gasteiger partial charge in [0.05, 0.1) is 11.0 Å². The van der Waals surface area contributed by atoms with E-state index in [1.165, 1.54) is 0 Å². The molecule has 2 aromatic carbocycles. The maximum Gasteiger partial charge on any atom is 0.224 e. The summed E-state index contributed by atoms with van der Waals surface area (Å²) in [4.78, 5) is 20.5. The summed E-state index contributed by atoms with van der Waals surface area (Å²) in [6.45, 7) is 0. The van der Waals surface area contributed by atoms with Crippen LogP contribution in [0.1, 0.15) is 12.0 Å². The Bertz CT molecular complexity index is 1020. The highest BCUT2D eigenvalue weighted by molar-refractivity contribution is 5.91. The van der Waals surface area contributed by atoms with Gasteiger partial charge in [-0.25, -0.2) is 4.98 Å². The Balaban J connectivity index is 1.42. The molecule has 5 nitrogen and oxygen atoms in total. The fourth-order valence-corrected chi connectivity index (χ4v) is 2.90. The molecule has 0 atom stereocenters. The minimum Gasteiger partial charge on any atom is -0.326 e. The maximum atomic E-state index is 12.1. The number of amides is 1. The number of aromatic nitrogens is 3. The molecule has 2 aromatic heterocycles. The van der Waals surface area contributed by atoms with Crippen molar-refractivity contribution in [1.29, 1.82) is 0 Å². The van der Waals surface area contributed by atoms with Crippen LogP contribution in [-0.4, -0.2) is 20.4 Å². The molecule has 0 aliphatic carbocycles. The number of aryl methyl sites for hydroxylation is 1. The number of anilines is 1. The number of benzene rings is 2. The summed E-state index contributed by atoms with van der Waals surface area (Å²) in [5.41, 5.74) is 4.92. The molecule has 5 heteroatoms. The fraction of sp³-hybridized carbons (Fsp3) is 0.0952. The lowest BCUT2D eigenvalue weighted by Gasteiger charge is -2.08. The molecule has 0 aliphatic rings. The molecule has 0 fully saturated rings. The maximum absolute atomic E-state index is 12.1. The summed E-state index contributed by atoms with van der Waals surface area (Å²) < 4.78 is 2.03. The van der Waals surface area contributed by atoms with Crippen LogP contribution in [0, 0.1) is 0 Å². The van der Waals surface area contributed by atoms with Crippen molar-refractivity contribution in [2.45, 2.75) is 12.8 Å². The summed E-state index contributed by atoms with van der Waals surface area (Å²) in [5.74, 6) is 0.00245. The Morgan fingerprint density at radius 2 is 1.73 bits per heavy atom. The quantitative estimate of drug-likeness (QED) is 0.596. The van der Waals surface area contributed by atoms with Gasteiger partial charge in [-0.1, -0.05) is 12.1 Å². The lowest BCUT2D eigenvalue weighted by Crippen LogP contribution is -2.12. The summed E-state index contributed by atoms with van der Waals surface area (Å²) >= 11 is 0.